The Hall–Kier alpha value is -2.83. The quantitative estimate of drug-likeness (QED) is 0.500. The van der Waals surface area contributed by atoms with Gasteiger partial charge in [-0.3, -0.25) is 10.3 Å². The molecule has 0 saturated carbocycles. The summed E-state index contributed by atoms with van der Waals surface area (Å²) in [6.45, 7) is 1.93. The number of urea groups is 1. The van der Waals surface area contributed by atoms with Gasteiger partial charge in [-0.1, -0.05) is 18.2 Å². The molecular weight excluding hydrogens is 292 g/mol. The van der Waals surface area contributed by atoms with Crippen LogP contribution in [0.1, 0.15) is 25.3 Å². The molecule has 0 saturated heterocycles. The van der Waals surface area contributed by atoms with Gasteiger partial charge in [-0.2, -0.15) is 0 Å². The van der Waals surface area contributed by atoms with E-state index in [2.05, 4.69) is 32.8 Å². The lowest BCUT2D eigenvalue weighted by molar-refractivity contribution is 0.250. The highest BCUT2D eigenvalue weighted by Crippen LogP contribution is 2.16. The Labute approximate surface area is 135 Å². The smallest absolute Gasteiger partial charge is 0.320 e. The minimum atomic E-state index is -0.339. The van der Waals surface area contributed by atoms with E-state index in [1.807, 2.05) is 13.0 Å². The van der Waals surface area contributed by atoms with Gasteiger partial charge in [-0.25, -0.2) is 9.78 Å². The standard InChI is InChI=1S/C16H22N6O/c1-10(11-6-4-3-5-7-11)21-16(23)22-14-8-13(17)12(9-20-14)15(18)19-2/h4,6-10H,3,5H2,1-2H3,(H2,18,19)(H4,17,20,21,22,23). The number of allylic oxidation sites excluding steroid dienone is 2. The number of hydrogen-bond donors (Lipinski definition) is 4. The van der Waals surface area contributed by atoms with Crippen LogP contribution in [-0.2, 0) is 0 Å². The predicted octanol–water partition coefficient (Wildman–Crippen LogP) is 1.79. The van der Waals surface area contributed by atoms with Gasteiger partial charge in [0.15, 0.2) is 0 Å². The highest BCUT2D eigenvalue weighted by atomic mass is 16.2. The van der Waals surface area contributed by atoms with E-state index in [1.165, 1.54) is 6.20 Å². The zero-order valence-corrected chi connectivity index (χ0v) is 13.3. The molecule has 1 atom stereocenters. The van der Waals surface area contributed by atoms with Crippen LogP contribution in [0.25, 0.3) is 0 Å². The number of amides is 2. The molecule has 7 nitrogen and oxygen atoms in total. The van der Waals surface area contributed by atoms with Crippen molar-refractivity contribution in [2.45, 2.75) is 25.8 Å². The monoisotopic (exact) mass is 314 g/mol. The maximum absolute atomic E-state index is 12.0. The van der Waals surface area contributed by atoms with Crippen LogP contribution in [0.4, 0.5) is 16.3 Å². The third kappa shape index (κ3) is 4.32. The van der Waals surface area contributed by atoms with Crippen LogP contribution in [0.2, 0.25) is 0 Å². The summed E-state index contributed by atoms with van der Waals surface area (Å²) in [5.74, 6) is 0.656. The maximum atomic E-state index is 12.0. The Bertz CT molecular complexity index is 677. The Balaban J connectivity index is 1.99. The minimum Gasteiger partial charge on any atom is -0.398 e. The number of nitrogen functional groups attached to an aromatic ring is 1. The number of pyridine rings is 1. The van der Waals surface area contributed by atoms with Gasteiger partial charge in [-0.15, -0.1) is 0 Å². The zero-order valence-electron chi connectivity index (χ0n) is 13.3. The molecule has 2 rings (SSSR count). The van der Waals surface area contributed by atoms with E-state index < -0.39 is 0 Å². The average molecular weight is 314 g/mol. The number of hydrogen-bond acceptors (Lipinski definition) is 4. The fourth-order valence-corrected chi connectivity index (χ4v) is 2.26. The molecule has 1 aromatic rings. The Morgan fingerprint density at radius 3 is 2.83 bits per heavy atom. The average Bonchev–Trinajstić information content (AvgIpc) is 2.55. The molecule has 0 aromatic carbocycles. The molecule has 23 heavy (non-hydrogen) atoms. The summed E-state index contributed by atoms with van der Waals surface area (Å²) in [5.41, 5.74) is 13.7. The fourth-order valence-electron chi connectivity index (χ4n) is 2.26. The van der Waals surface area contributed by atoms with Crippen molar-refractivity contribution in [2.75, 3.05) is 18.1 Å². The second-order valence-corrected chi connectivity index (χ2v) is 5.27. The van der Waals surface area contributed by atoms with E-state index in [0.717, 1.165) is 18.4 Å². The molecule has 1 unspecified atom stereocenters. The lowest BCUT2D eigenvalue weighted by Crippen LogP contribution is -2.37. The first-order valence-electron chi connectivity index (χ1n) is 7.43. The molecule has 0 radical (unpaired) electrons. The van der Waals surface area contributed by atoms with Crippen LogP contribution >= 0.6 is 0 Å². The lowest BCUT2D eigenvalue weighted by atomic mass is 10.0. The predicted molar refractivity (Wildman–Crippen MR) is 93.4 cm³/mol. The summed E-state index contributed by atoms with van der Waals surface area (Å²) in [4.78, 5) is 20.0. The fraction of sp³-hybridized carbons (Fsp3) is 0.312. The Kier molecular flexibility index (Phi) is 5.35. The summed E-state index contributed by atoms with van der Waals surface area (Å²) < 4.78 is 0. The van der Waals surface area contributed by atoms with Crippen molar-refractivity contribution in [2.24, 2.45) is 10.7 Å². The van der Waals surface area contributed by atoms with Crippen molar-refractivity contribution in [1.82, 2.24) is 10.3 Å². The van der Waals surface area contributed by atoms with Crippen molar-refractivity contribution in [3.63, 3.8) is 0 Å². The van der Waals surface area contributed by atoms with Crippen LogP contribution in [-0.4, -0.2) is 29.9 Å². The molecule has 0 bridgehead atoms. The number of carbonyl (C=O) groups excluding carboxylic acids is 1. The van der Waals surface area contributed by atoms with Crippen LogP contribution < -0.4 is 22.1 Å². The van der Waals surface area contributed by atoms with Crippen LogP contribution in [0.3, 0.4) is 0 Å². The lowest BCUT2D eigenvalue weighted by Gasteiger charge is -2.17. The van der Waals surface area contributed by atoms with Gasteiger partial charge >= 0.3 is 6.03 Å². The van der Waals surface area contributed by atoms with Crippen LogP contribution in [0.15, 0.2) is 41.1 Å². The van der Waals surface area contributed by atoms with Crippen molar-refractivity contribution >= 4 is 23.4 Å². The van der Waals surface area contributed by atoms with Crippen molar-refractivity contribution in [3.8, 4) is 0 Å². The number of anilines is 2. The molecule has 0 fully saturated rings. The third-order valence-corrected chi connectivity index (χ3v) is 3.57. The second-order valence-electron chi connectivity index (χ2n) is 5.27. The first-order valence-corrected chi connectivity index (χ1v) is 7.43. The Morgan fingerprint density at radius 2 is 2.22 bits per heavy atom. The normalized spacial score (nSPS) is 15.7. The summed E-state index contributed by atoms with van der Waals surface area (Å²) in [6, 6.07) is 1.14. The van der Waals surface area contributed by atoms with Gasteiger partial charge < -0.3 is 16.8 Å². The molecular formula is C16H22N6O. The van der Waals surface area contributed by atoms with E-state index >= 15 is 0 Å². The highest BCUT2D eigenvalue weighted by molar-refractivity contribution is 6.02. The largest absolute Gasteiger partial charge is 0.398 e. The van der Waals surface area contributed by atoms with Crippen LogP contribution in [0, 0.1) is 0 Å². The number of carbonyl (C=O) groups is 1. The molecule has 1 aliphatic rings. The van der Waals surface area contributed by atoms with Crippen molar-refractivity contribution < 1.29 is 4.79 Å². The van der Waals surface area contributed by atoms with Gasteiger partial charge in [-0.05, 0) is 25.3 Å². The highest BCUT2D eigenvalue weighted by Gasteiger charge is 2.13. The molecule has 2 amide bonds. The number of nitrogens with two attached hydrogens (primary N) is 2. The summed E-state index contributed by atoms with van der Waals surface area (Å²) >= 11 is 0. The molecule has 0 spiro atoms. The summed E-state index contributed by atoms with van der Waals surface area (Å²) in [6.07, 6.45) is 9.80. The Morgan fingerprint density at radius 1 is 1.43 bits per heavy atom. The number of amidine groups is 1. The van der Waals surface area contributed by atoms with Gasteiger partial charge in [0.2, 0.25) is 0 Å². The number of aliphatic imine (C=N–C) groups is 1. The number of nitrogens with zero attached hydrogens (tertiary/aromatic N) is 2. The molecule has 0 aliphatic heterocycles. The van der Waals surface area contributed by atoms with Gasteiger partial charge in [0.25, 0.3) is 0 Å². The topological polar surface area (TPSA) is 118 Å². The third-order valence-electron chi connectivity index (χ3n) is 3.57. The molecule has 122 valence electrons. The number of aromatic nitrogens is 1. The number of rotatable bonds is 4. The molecule has 7 heteroatoms. The summed E-state index contributed by atoms with van der Waals surface area (Å²) in [7, 11) is 1.57. The molecule has 6 N–H and O–H groups in total. The first kappa shape index (κ1) is 16.5. The SMILES string of the molecule is CN=C(N)c1cnc(NC(=O)NC(C)C2=CCCC=C2)cc1N. The first-order chi connectivity index (χ1) is 11.0. The molecule has 1 aromatic heterocycles. The van der Waals surface area contributed by atoms with Crippen LogP contribution in [0.5, 0.6) is 0 Å². The molecule has 1 aliphatic carbocycles. The van der Waals surface area contributed by atoms with E-state index in [1.54, 1.807) is 13.1 Å². The van der Waals surface area contributed by atoms with Gasteiger partial charge in [0, 0.05) is 25.0 Å². The minimum absolute atomic E-state index is 0.0777. The van der Waals surface area contributed by atoms with E-state index in [-0.39, 0.29) is 12.1 Å². The maximum Gasteiger partial charge on any atom is 0.320 e. The van der Waals surface area contributed by atoms with E-state index in [0.29, 0.717) is 22.9 Å². The van der Waals surface area contributed by atoms with E-state index in [4.69, 9.17) is 11.5 Å². The van der Waals surface area contributed by atoms with Gasteiger partial charge in [0.05, 0.1) is 11.6 Å². The van der Waals surface area contributed by atoms with Gasteiger partial charge in [0.1, 0.15) is 11.7 Å². The second kappa shape index (κ2) is 7.44. The van der Waals surface area contributed by atoms with Crippen molar-refractivity contribution in [1.29, 1.82) is 0 Å². The zero-order chi connectivity index (χ0) is 16.8. The molecule has 1 heterocycles. The van der Waals surface area contributed by atoms with E-state index in [9.17, 15) is 4.79 Å². The summed E-state index contributed by atoms with van der Waals surface area (Å²) in [5, 5.41) is 5.53. The number of nitrogens with one attached hydrogen (secondary N) is 2. The van der Waals surface area contributed by atoms with Crippen molar-refractivity contribution in [3.05, 3.63) is 41.6 Å².